The van der Waals surface area contributed by atoms with Gasteiger partial charge in [0.2, 0.25) is 0 Å². The molecule has 20 heavy (non-hydrogen) atoms. The maximum atomic E-state index is 13.1. The second-order valence-electron chi connectivity index (χ2n) is 6.22. The lowest BCUT2D eigenvalue weighted by Gasteiger charge is -2.28. The van der Waals surface area contributed by atoms with Crippen molar-refractivity contribution in [3.63, 3.8) is 0 Å². The molecule has 110 valence electrons. The van der Waals surface area contributed by atoms with Crippen LogP contribution in [0.1, 0.15) is 42.7 Å². The van der Waals surface area contributed by atoms with Crippen molar-refractivity contribution in [3.8, 4) is 0 Å². The molecular formula is C17H25FN2. The van der Waals surface area contributed by atoms with E-state index in [2.05, 4.69) is 34.5 Å². The van der Waals surface area contributed by atoms with Crippen molar-refractivity contribution in [2.75, 3.05) is 26.2 Å². The third-order valence-corrected chi connectivity index (χ3v) is 4.71. The largest absolute Gasteiger partial charge is 0.317 e. The maximum absolute atomic E-state index is 13.1. The molecule has 2 heterocycles. The fourth-order valence-corrected chi connectivity index (χ4v) is 3.37. The summed E-state index contributed by atoms with van der Waals surface area (Å²) in [5.74, 6) is 0.729. The number of likely N-dealkylation sites (tertiary alicyclic amines) is 1. The van der Waals surface area contributed by atoms with Gasteiger partial charge in [0, 0.05) is 19.6 Å². The minimum atomic E-state index is -0.575. The highest BCUT2D eigenvalue weighted by molar-refractivity contribution is 5.26. The van der Waals surface area contributed by atoms with Gasteiger partial charge in [0.15, 0.2) is 0 Å². The number of nitrogens with one attached hydrogen (secondary N) is 1. The number of hydrogen-bond donors (Lipinski definition) is 1. The van der Waals surface area contributed by atoms with E-state index in [0.29, 0.717) is 12.8 Å². The van der Waals surface area contributed by atoms with Crippen molar-refractivity contribution in [1.82, 2.24) is 10.2 Å². The molecule has 2 aliphatic heterocycles. The summed E-state index contributed by atoms with van der Waals surface area (Å²) in [6, 6.07) is 9.12. The molecule has 0 spiro atoms. The maximum Gasteiger partial charge on any atom is 0.103 e. The summed E-state index contributed by atoms with van der Waals surface area (Å²) >= 11 is 0. The van der Waals surface area contributed by atoms with Gasteiger partial charge in [-0.25, -0.2) is 4.39 Å². The second-order valence-corrected chi connectivity index (χ2v) is 6.22. The van der Waals surface area contributed by atoms with Crippen LogP contribution in [0.2, 0.25) is 0 Å². The fraction of sp³-hybridized carbons (Fsp3) is 0.647. The lowest BCUT2D eigenvalue weighted by atomic mass is 9.90. The van der Waals surface area contributed by atoms with Crippen molar-refractivity contribution in [2.45, 2.75) is 44.3 Å². The molecule has 2 nitrogen and oxygen atoms in total. The number of halogens is 1. The molecule has 2 fully saturated rings. The van der Waals surface area contributed by atoms with Crippen molar-refractivity contribution < 1.29 is 4.39 Å². The summed E-state index contributed by atoms with van der Waals surface area (Å²) in [6.07, 6.45) is 3.33. The van der Waals surface area contributed by atoms with Crippen LogP contribution in [0.15, 0.2) is 24.3 Å². The van der Waals surface area contributed by atoms with Crippen LogP contribution in [0.4, 0.5) is 4.39 Å². The molecule has 0 aromatic heterocycles. The van der Waals surface area contributed by atoms with Crippen molar-refractivity contribution >= 4 is 0 Å². The zero-order chi connectivity index (χ0) is 13.8. The Morgan fingerprint density at radius 3 is 2.30 bits per heavy atom. The Balaban J connectivity index is 1.55. The van der Waals surface area contributed by atoms with Crippen molar-refractivity contribution in [3.05, 3.63) is 35.4 Å². The minimum absolute atomic E-state index is 0.575. The molecule has 0 atom stereocenters. The molecule has 0 unspecified atom stereocenters. The van der Waals surface area contributed by atoms with E-state index in [1.54, 1.807) is 0 Å². The molecular weight excluding hydrogens is 251 g/mol. The van der Waals surface area contributed by atoms with Crippen LogP contribution >= 0.6 is 0 Å². The lowest BCUT2D eigenvalue weighted by Crippen LogP contribution is -2.33. The standard InChI is InChI=1S/C17H25FN2/c18-17-7-11-20(12-8-17)13-14-1-3-15(4-2-14)16-5-9-19-10-6-16/h1-4,16-17,19H,5-13H2. The summed E-state index contributed by atoms with van der Waals surface area (Å²) in [5.41, 5.74) is 2.85. The van der Waals surface area contributed by atoms with E-state index in [1.165, 1.54) is 24.0 Å². The van der Waals surface area contributed by atoms with Crippen molar-refractivity contribution in [1.29, 1.82) is 0 Å². The zero-order valence-electron chi connectivity index (χ0n) is 12.2. The summed E-state index contributed by atoms with van der Waals surface area (Å²) < 4.78 is 13.1. The summed E-state index contributed by atoms with van der Waals surface area (Å²) in [4.78, 5) is 2.37. The topological polar surface area (TPSA) is 15.3 Å². The van der Waals surface area contributed by atoms with Crippen LogP contribution in [-0.4, -0.2) is 37.3 Å². The van der Waals surface area contributed by atoms with Crippen LogP contribution in [0.3, 0.4) is 0 Å². The predicted molar refractivity (Wildman–Crippen MR) is 80.7 cm³/mol. The average Bonchev–Trinajstić information content (AvgIpc) is 2.51. The van der Waals surface area contributed by atoms with Gasteiger partial charge in [0.05, 0.1) is 0 Å². The highest BCUT2D eigenvalue weighted by atomic mass is 19.1. The SMILES string of the molecule is FC1CCN(Cc2ccc(C3CCNCC3)cc2)CC1. The zero-order valence-corrected chi connectivity index (χ0v) is 12.2. The van der Waals surface area contributed by atoms with Crippen LogP contribution in [-0.2, 0) is 6.54 Å². The molecule has 3 rings (SSSR count). The van der Waals surface area contributed by atoms with E-state index in [9.17, 15) is 4.39 Å². The van der Waals surface area contributed by atoms with Gasteiger partial charge in [-0.1, -0.05) is 24.3 Å². The molecule has 0 bridgehead atoms. The van der Waals surface area contributed by atoms with Gasteiger partial charge in [-0.2, -0.15) is 0 Å². The first-order valence-corrected chi connectivity index (χ1v) is 7.97. The van der Waals surface area contributed by atoms with Gasteiger partial charge in [-0.3, -0.25) is 4.90 Å². The summed E-state index contributed by atoms with van der Waals surface area (Å²) in [7, 11) is 0. The molecule has 1 aromatic carbocycles. The number of piperidine rings is 2. The van der Waals surface area contributed by atoms with E-state index in [0.717, 1.165) is 38.6 Å². The van der Waals surface area contributed by atoms with Crippen LogP contribution in [0.5, 0.6) is 0 Å². The summed E-state index contributed by atoms with van der Waals surface area (Å²) in [6.45, 7) is 5.06. The normalized spacial score (nSPS) is 23.1. The van der Waals surface area contributed by atoms with Crippen LogP contribution in [0.25, 0.3) is 0 Å². The lowest BCUT2D eigenvalue weighted by molar-refractivity contribution is 0.145. The van der Waals surface area contributed by atoms with E-state index in [-0.39, 0.29) is 0 Å². The van der Waals surface area contributed by atoms with Gasteiger partial charge in [-0.05, 0) is 55.8 Å². The van der Waals surface area contributed by atoms with E-state index in [4.69, 9.17) is 0 Å². The number of benzene rings is 1. The first-order chi connectivity index (χ1) is 9.81. The van der Waals surface area contributed by atoms with E-state index < -0.39 is 6.17 Å². The van der Waals surface area contributed by atoms with Gasteiger partial charge >= 0.3 is 0 Å². The van der Waals surface area contributed by atoms with Gasteiger partial charge in [-0.15, -0.1) is 0 Å². The van der Waals surface area contributed by atoms with Crippen LogP contribution in [0, 0.1) is 0 Å². The number of alkyl halides is 1. The van der Waals surface area contributed by atoms with Gasteiger partial charge in [0.25, 0.3) is 0 Å². The van der Waals surface area contributed by atoms with E-state index in [1.807, 2.05) is 0 Å². The van der Waals surface area contributed by atoms with E-state index >= 15 is 0 Å². The number of hydrogen-bond acceptors (Lipinski definition) is 2. The monoisotopic (exact) mass is 276 g/mol. The fourth-order valence-electron chi connectivity index (χ4n) is 3.37. The average molecular weight is 276 g/mol. The molecule has 2 saturated heterocycles. The third-order valence-electron chi connectivity index (χ3n) is 4.71. The molecule has 0 aliphatic carbocycles. The number of rotatable bonds is 3. The Bertz CT molecular complexity index is 404. The smallest absolute Gasteiger partial charge is 0.103 e. The molecule has 0 saturated carbocycles. The quantitative estimate of drug-likeness (QED) is 0.912. The number of nitrogens with zero attached hydrogens (tertiary/aromatic N) is 1. The van der Waals surface area contributed by atoms with Gasteiger partial charge in [0.1, 0.15) is 6.17 Å². The van der Waals surface area contributed by atoms with Crippen LogP contribution < -0.4 is 5.32 Å². The summed E-state index contributed by atoms with van der Waals surface area (Å²) in [5, 5.41) is 3.42. The first kappa shape index (κ1) is 14.0. The molecule has 1 aromatic rings. The molecule has 2 aliphatic rings. The Morgan fingerprint density at radius 1 is 1.00 bits per heavy atom. The first-order valence-electron chi connectivity index (χ1n) is 7.97. The highest BCUT2D eigenvalue weighted by Crippen LogP contribution is 2.25. The molecule has 1 N–H and O–H groups in total. The Hall–Kier alpha value is -0.930. The predicted octanol–water partition coefficient (Wildman–Crippen LogP) is 3.09. The Morgan fingerprint density at radius 2 is 1.65 bits per heavy atom. The molecule has 3 heteroatoms. The van der Waals surface area contributed by atoms with Gasteiger partial charge < -0.3 is 5.32 Å². The second kappa shape index (κ2) is 6.68. The Labute approximate surface area is 121 Å². The van der Waals surface area contributed by atoms with Crippen molar-refractivity contribution in [2.24, 2.45) is 0 Å². The minimum Gasteiger partial charge on any atom is -0.317 e. The molecule has 0 amide bonds. The Kier molecular flexibility index (Phi) is 4.69. The molecule has 0 radical (unpaired) electrons. The highest BCUT2D eigenvalue weighted by Gasteiger charge is 2.18. The third kappa shape index (κ3) is 3.58.